The van der Waals surface area contributed by atoms with Crippen LogP contribution < -0.4 is 11.1 Å². The van der Waals surface area contributed by atoms with Gasteiger partial charge in [0.2, 0.25) is 0 Å². The summed E-state index contributed by atoms with van der Waals surface area (Å²) in [5.41, 5.74) is 6.87. The van der Waals surface area contributed by atoms with E-state index >= 15 is 0 Å². The molecule has 0 bridgehead atoms. The smallest absolute Gasteiger partial charge is 0.292 e. The van der Waals surface area contributed by atoms with Gasteiger partial charge in [0.15, 0.2) is 0 Å². The second kappa shape index (κ2) is 4.71. The molecule has 0 atom stereocenters. The Morgan fingerprint density at radius 1 is 1.59 bits per heavy atom. The standard InChI is InChI=1S/C10H11N5O2/c1-12-9(16)8-14-10(17-15-8)6-2-3-13-7(4-6)5-11/h2-4H,5,11H2,1H3,(H,12,16). The fourth-order valence-electron chi connectivity index (χ4n) is 1.27. The second-order valence-electron chi connectivity index (χ2n) is 3.24. The van der Waals surface area contributed by atoms with Crippen molar-refractivity contribution in [2.45, 2.75) is 6.54 Å². The van der Waals surface area contributed by atoms with Gasteiger partial charge < -0.3 is 15.6 Å². The average molecular weight is 233 g/mol. The van der Waals surface area contributed by atoms with Crippen LogP contribution in [0.4, 0.5) is 0 Å². The van der Waals surface area contributed by atoms with Crippen LogP contribution in [0.15, 0.2) is 22.9 Å². The minimum atomic E-state index is -0.395. The van der Waals surface area contributed by atoms with Gasteiger partial charge in [-0.15, -0.1) is 0 Å². The molecule has 0 radical (unpaired) electrons. The van der Waals surface area contributed by atoms with Crippen LogP contribution >= 0.6 is 0 Å². The van der Waals surface area contributed by atoms with Crippen molar-refractivity contribution in [2.24, 2.45) is 5.73 Å². The maximum atomic E-state index is 11.3. The summed E-state index contributed by atoms with van der Waals surface area (Å²) < 4.78 is 4.98. The molecule has 0 saturated heterocycles. The van der Waals surface area contributed by atoms with E-state index in [1.807, 2.05) is 0 Å². The van der Waals surface area contributed by atoms with Crippen molar-refractivity contribution < 1.29 is 9.32 Å². The van der Waals surface area contributed by atoms with Crippen LogP contribution in [0.5, 0.6) is 0 Å². The van der Waals surface area contributed by atoms with E-state index in [-0.39, 0.29) is 11.7 Å². The minimum absolute atomic E-state index is 0.00592. The fourth-order valence-corrected chi connectivity index (χ4v) is 1.27. The first-order valence-electron chi connectivity index (χ1n) is 4.95. The highest BCUT2D eigenvalue weighted by Crippen LogP contribution is 2.16. The summed E-state index contributed by atoms with van der Waals surface area (Å²) in [6.07, 6.45) is 1.60. The van der Waals surface area contributed by atoms with Gasteiger partial charge >= 0.3 is 0 Å². The molecule has 0 aliphatic rings. The normalized spacial score (nSPS) is 10.2. The third kappa shape index (κ3) is 2.28. The first-order chi connectivity index (χ1) is 8.24. The first kappa shape index (κ1) is 11.2. The lowest BCUT2D eigenvalue weighted by atomic mass is 10.2. The highest BCUT2D eigenvalue weighted by Gasteiger charge is 2.14. The number of carbonyl (C=O) groups excluding carboxylic acids is 1. The van der Waals surface area contributed by atoms with Crippen molar-refractivity contribution >= 4 is 5.91 Å². The quantitative estimate of drug-likeness (QED) is 0.769. The number of carbonyl (C=O) groups is 1. The van der Waals surface area contributed by atoms with Crippen LogP contribution in [-0.4, -0.2) is 28.1 Å². The molecule has 2 aromatic heterocycles. The number of nitrogens with zero attached hydrogens (tertiary/aromatic N) is 3. The molecule has 7 heteroatoms. The molecule has 1 amide bonds. The minimum Gasteiger partial charge on any atom is -0.352 e. The van der Waals surface area contributed by atoms with Crippen LogP contribution in [0.2, 0.25) is 0 Å². The van der Waals surface area contributed by atoms with Gasteiger partial charge in [-0.3, -0.25) is 9.78 Å². The number of amides is 1. The molecule has 0 aromatic carbocycles. The summed E-state index contributed by atoms with van der Waals surface area (Å²) in [6, 6.07) is 3.45. The van der Waals surface area contributed by atoms with Crippen molar-refractivity contribution in [3.05, 3.63) is 29.8 Å². The summed E-state index contributed by atoms with van der Waals surface area (Å²) in [5, 5.41) is 5.98. The lowest BCUT2D eigenvalue weighted by Crippen LogP contribution is -2.19. The molecule has 0 aliphatic carbocycles. The Hall–Kier alpha value is -2.28. The number of pyridine rings is 1. The number of aromatic nitrogens is 3. The highest BCUT2D eigenvalue weighted by atomic mass is 16.5. The van der Waals surface area contributed by atoms with Gasteiger partial charge in [-0.1, -0.05) is 5.16 Å². The summed E-state index contributed by atoms with van der Waals surface area (Å²) in [6.45, 7) is 0.324. The number of nitrogens with one attached hydrogen (secondary N) is 1. The Morgan fingerprint density at radius 2 is 2.41 bits per heavy atom. The number of hydrogen-bond acceptors (Lipinski definition) is 6. The molecule has 17 heavy (non-hydrogen) atoms. The molecule has 7 nitrogen and oxygen atoms in total. The van der Waals surface area contributed by atoms with Gasteiger partial charge in [0.25, 0.3) is 17.6 Å². The summed E-state index contributed by atoms with van der Waals surface area (Å²) in [5.74, 6) is -0.137. The summed E-state index contributed by atoms with van der Waals surface area (Å²) >= 11 is 0. The van der Waals surface area contributed by atoms with E-state index in [1.165, 1.54) is 7.05 Å². The number of hydrogen-bond donors (Lipinski definition) is 2. The molecule has 0 aliphatic heterocycles. The van der Waals surface area contributed by atoms with Crippen molar-refractivity contribution in [1.29, 1.82) is 0 Å². The van der Waals surface area contributed by atoms with Gasteiger partial charge in [0.05, 0.1) is 5.69 Å². The lowest BCUT2D eigenvalue weighted by molar-refractivity contribution is 0.0950. The summed E-state index contributed by atoms with van der Waals surface area (Å²) in [4.78, 5) is 19.3. The van der Waals surface area contributed by atoms with Gasteiger partial charge in [-0.05, 0) is 12.1 Å². The Kier molecular flexibility index (Phi) is 3.10. The molecular weight excluding hydrogens is 222 g/mol. The SMILES string of the molecule is CNC(=O)c1noc(-c2ccnc(CN)c2)n1. The molecule has 2 aromatic rings. The van der Waals surface area contributed by atoms with E-state index in [0.29, 0.717) is 17.8 Å². The molecule has 88 valence electrons. The predicted octanol–water partition coefficient (Wildman–Crippen LogP) is -0.0501. The van der Waals surface area contributed by atoms with Crippen LogP contribution in [-0.2, 0) is 6.54 Å². The molecular formula is C10H11N5O2. The van der Waals surface area contributed by atoms with Crippen molar-refractivity contribution in [3.63, 3.8) is 0 Å². The van der Waals surface area contributed by atoms with Crippen LogP contribution in [0.25, 0.3) is 11.5 Å². The molecule has 0 fully saturated rings. The third-order valence-corrected chi connectivity index (χ3v) is 2.13. The van der Waals surface area contributed by atoms with E-state index in [9.17, 15) is 4.79 Å². The van der Waals surface area contributed by atoms with Crippen LogP contribution in [0.1, 0.15) is 16.3 Å². The zero-order chi connectivity index (χ0) is 12.3. The number of rotatable bonds is 3. The van der Waals surface area contributed by atoms with E-state index in [4.69, 9.17) is 10.3 Å². The average Bonchev–Trinajstić information content (AvgIpc) is 2.87. The molecule has 2 rings (SSSR count). The molecule has 0 unspecified atom stereocenters. The molecule has 3 N–H and O–H groups in total. The Bertz CT molecular complexity index is 537. The highest BCUT2D eigenvalue weighted by molar-refractivity contribution is 5.90. The van der Waals surface area contributed by atoms with Gasteiger partial charge in [-0.25, -0.2) is 0 Å². The Balaban J connectivity index is 2.33. The molecule has 2 heterocycles. The van der Waals surface area contributed by atoms with Gasteiger partial charge in [-0.2, -0.15) is 4.98 Å². The Morgan fingerprint density at radius 3 is 3.12 bits per heavy atom. The largest absolute Gasteiger partial charge is 0.352 e. The van der Waals surface area contributed by atoms with E-state index in [2.05, 4.69) is 20.4 Å². The maximum absolute atomic E-state index is 11.3. The van der Waals surface area contributed by atoms with E-state index < -0.39 is 5.91 Å². The predicted molar refractivity (Wildman–Crippen MR) is 58.8 cm³/mol. The zero-order valence-electron chi connectivity index (χ0n) is 9.17. The van der Waals surface area contributed by atoms with Gasteiger partial charge in [0.1, 0.15) is 0 Å². The monoisotopic (exact) mass is 233 g/mol. The van der Waals surface area contributed by atoms with Crippen molar-refractivity contribution in [1.82, 2.24) is 20.4 Å². The van der Waals surface area contributed by atoms with E-state index in [1.54, 1.807) is 18.3 Å². The zero-order valence-corrected chi connectivity index (χ0v) is 9.17. The maximum Gasteiger partial charge on any atom is 0.292 e. The summed E-state index contributed by atoms with van der Waals surface area (Å²) in [7, 11) is 1.50. The van der Waals surface area contributed by atoms with Crippen molar-refractivity contribution in [2.75, 3.05) is 7.05 Å². The second-order valence-corrected chi connectivity index (χ2v) is 3.24. The number of nitrogens with two attached hydrogens (primary N) is 1. The van der Waals surface area contributed by atoms with Crippen LogP contribution in [0, 0.1) is 0 Å². The van der Waals surface area contributed by atoms with Gasteiger partial charge in [0, 0.05) is 25.4 Å². The Labute approximate surface area is 97.0 Å². The molecule has 0 spiro atoms. The topological polar surface area (TPSA) is 107 Å². The first-order valence-corrected chi connectivity index (χ1v) is 4.95. The molecule has 0 saturated carbocycles. The lowest BCUT2D eigenvalue weighted by Gasteiger charge is -1.97. The van der Waals surface area contributed by atoms with Crippen molar-refractivity contribution in [3.8, 4) is 11.5 Å². The fraction of sp³-hybridized carbons (Fsp3) is 0.200. The third-order valence-electron chi connectivity index (χ3n) is 2.13. The van der Waals surface area contributed by atoms with Crippen LogP contribution in [0.3, 0.4) is 0 Å². The van der Waals surface area contributed by atoms with E-state index in [0.717, 1.165) is 0 Å².